The highest BCUT2D eigenvalue weighted by Crippen LogP contribution is 2.53. The van der Waals surface area contributed by atoms with Crippen LogP contribution in [0.4, 0.5) is 0 Å². The number of benzene rings is 10. The quantitative estimate of drug-likeness (QED) is 0.146. The van der Waals surface area contributed by atoms with Gasteiger partial charge in [0.25, 0.3) is 0 Å². The van der Waals surface area contributed by atoms with Gasteiger partial charge in [0, 0.05) is 37.9 Å². The van der Waals surface area contributed by atoms with E-state index in [2.05, 4.69) is 320 Å². The molecule has 2 heteroatoms. The Bertz CT molecular complexity index is 4990. The Morgan fingerprint density at radius 2 is 1.01 bits per heavy atom. The third kappa shape index (κ3) is 12.0. The van der Waals surface area contributed by atoms with Crippen molar-refractivity contribution in [3.05, 3.63) is 288 Å². The molecule has 10 aromatic carbocycles. The lowest BCUT2D eigenvalue weighted by Gasteiger charge is -2.44. The molecule has 0 N–H and O–H groups in total. The molecule has 4 aliphatic rings. The topological polar surface area (TPSA) is 0 Å². The first-order valence-electron chi connectivity index (χ1n) is 37.7. The molecule has 0 fully saturated rings. The first-order chi connectivity index (χ1) is 46.7. The molecular weight excluding hydrogens is 1210 g/mol. The first-order valence-corrected chi connectivity index (χ1v) is 38.5. The number of fused-ring (bicyclic) bond motifs is 10. The Morgan fingerprint density at radius 3 is 1.71 bits per heavy atom. The van der Waals surface area contributed by atoms with E-state index in [1.807, 2.05) is 11.3 Å². The zero-order valence-corrected chi connectivity index (χ0v) is 64.1. The van der Waals surface area contributed by atoms with E-state index < -0.39 is 0 Å². The SMILES string of the molecule is Cc1cc2cc3c1B(c1cc4c(cc1C(C)c1ccc(C(C)(C)C)cc1-c1ccccc1)C(C)(C)CCC4(C)C)c1ccc(-c4cccc5sc6ccccc6c45)cc1C3CCc1cc3c(cc1Cc1cc(C(C)(C)C)ccc1CCC2c1ccc(C(C)(C)C)cc1)C(C)(C)CC3(C)C. The molecule has 0 saturated heterocycles. The minimum atomic E-state index is -0.0318. The van der Waals surface area contributed by atoms with E-state index in [0.29, 0.717) is 0 Å². The van der Waals surface area contributed by atoms with E-state index in [0.717, 1.165) is 51.4 Å². The van der Waals surface area contributed by atoms with Crippen molar-refractivity contribution in [2.24, 2.45) is 0 Å². The number of thiophene rings is 1. The van der Waals surface area contributed by atoms with Crippen molar-refractivity contribution >= 4 is 54.6 Å². The second-order valence-electron chi connectivity index (χ2n) is 36.9. The fraction of sp³-hybridized carbons (Fsp3) is 0.381. The van der Waals surface area contributed by atoms with Crippen molar-refractivity contribution in [3.8, 4) is 22.3 Å². The van der Waals surface area contributed by atoms with Crippen LogP contribution in [0, 0.1) is 6.92 Å². The van der Waals surface area contributed by atoms with Crippen molar-refractivity contribution in [2.45, 2.75) is 239 Å². The van der Waals surface area contributed by atoms with E-state index in [9.17, 15) is 0 Å². The Balaban J connectivity index is 1.04. The summed E-state index contributed by atoms with van der Waals surface area (Å²) in [6.45, 7) is 46.6. The smallest absolute Gasteiger partial charge is 0.135 e. The van der Waals surface area contributed by atoms with Crippen LogP contribution in [0.15, 0.2) is 188 Å². The van der Waals surface area contributed by atoms with Gasteiger partial charge in [-0.15, -0.1) is 11.3 Å². The summed E-state index contributed by atoms with van der Waals surface area (Å²) in [5, 5.41) is 2.73. The second-order valence-corrected chi connectivity index (χ2v) is 38.0. The van der Waals surface area contributed by atoms with Gasteiger partial charge in [-0.25, -0.2) is 0 Å². The molecular formula is C97H107BS. The number of aryl methyl sites for hydroxylation is 3. The van der Waals surface area contributed by atoms with Crippen LogP contribution in [0.25, 0.3) is 42.4 Å². The van der Waals surface area contributed by atoms with E-state index in [-0.39, 0.29) is 62.4 Å². The van der Waals surface area contributed by atoms with Crippen molar-refractivity contribution in [1.82, 2.24) is 0 Å². The van der Waals surface area contributed by atoms with Crippen LogP contribution in [0.5, 0.6) is 0 Å². The molecule has 0 amide bonds. The molecule has 3 atom stereocenters. The minimum absolute atomic E-state index is 0.00962. The standard InChI is InChI=1S/C97H107BS/c1-59-48-68-52-80-75(43-36-64-53-81-82(97(18,19)58-96(81,16)17)54-67(64)49-66-50-70(92(6,7)8)40-32-61(66)35-42-73(68)63-33-38-69(39-34-63)91(3,4)5)79-51-65(74-29-25-31-88-89(74)76-28-23-24-30-87(76)99-88)37-45-85(79)98(90(59)80)86-57-84-83(94(12,13)46-47-95(84,14)15)56-77(86)60(2)72-44-41-71(93(9,10)11)55-78(72)62-26-21-20-22-27-62/h20-34,37-41,44-45,48,50-57,60,73,75H,35-36,42-43,46-47,49,58H2,1-19H3. The third-order valence-electron chi connectivity index (χ3n) is 25.0. The third-order valence-corrected chi connectivity index (χ3v) is 26.2. The molecule has 0 nitrogen and oxygen atoms in total. The Morgan fingerprint density at radius 1 is 0.424 bits per heavy atom. The molecule has 2 heterocycles. The van der Waals surface area contributed by atoms with Gasteiger partial charge in [0.15, 0.2) is 0 Å². The number of rotatable bonds is 6. The maximum atomic E-state index is 2.81. The Labute approximate surface area is 599 Å². The highest BCUT2D eigenvalue weighted by atomic mass is 32.1. The Kier molecular flexibility index (Phi) is 16.4. The van der Waals surface area contributed by atoms with Crippen molar-refractivity contribution in [2.75, 3.05) is 0 Å². The summed E-state index contributed by atoms with van der Waals surface area (Å²) in [6, 6.07) is 77.0. The normalized spacial score (nSPS) is 18.8. The maximum absolute atomic E-state index is 2.81. The Hall–Kier alpha value is -7.52. The lowest BCUT2D eigenvalue weighted by atomic mass is 9.30. The monoisotopic (exact) mass is 1310 g/mol. The minimum Gasteiger partial charge on any atom is -0.135 e. The summed E-state index contributed by atoms with van der Waals surface area (Å²) in [6.07, 6.45) is 8.38. The van der Waals surface area contributed by atoms with Crippen LogP contribution in [0.3, 0.4) is 0 Å². The lowest BCUT2D eigenvalue weighted by molar-refractivity contribution is 0.332. The van der Waals surface area contributed by atoms with Gasteiger partial charge < -0.3 is 0 Å². The van der Waals surface area contributed by atoms with Gasteiger partial charge in [-0.1, -0.05) is 323 Å². The van der Waals surface area contributed by atoms with Gasteiger partial charge in [0.1, 0.15) is 0 Å². The van der Waals surface area contributed by atoms with Gasteiger partial charge in [-0.2, -0.15) is 0 Å². The molecule has 15 rings (SSSR count). The summed E-state index contributed by atoms with van der Waals surface area (Å²) in [5.74, 6) is 0.360. The summed E-state index contributed by atoms with van der Waals surface area (Å²) >= 11 is 1.93. The fourth-order valence-electron chi connectivity index (χ4n) is 19.3. The summed E-state index contributed by atoms with van der Waals surface area (Å²) in [4.78, 5) is 0. The average Bonchev–Trinajstić information content (AvgIpc) is 1.71. The van der Waals surface area contributed by atoms with Gasteiger partial charge in [0.05, 0.1) is 0 Å². The zero-order chi connectivity index (χ0) is 69.8. The maximum Gasteiger partial charge on any atom is 0.242 e. The van der Waals surface area contributed by atoms with Gasteiger partial charge in [-0.05, 0) is 225 Å². The van der Waals surface area contributed by atoms with Crippen molar-refractivity contribution in [3.63, 3.8) is 0 Å². The van der Waals surface area contributed by atoms with E-state index >= 15 is 0 Å². The highest BCUT2D eigenvalue weighted by molar-refractivity contribution is 7.26. The first kappa shape index (κ1) is 67.3. The highest BCUT2D eigenvalue weighted by Gasteiger charge is 2.46. The van der Waals surface area contributed by atoms with Crippen LogP contribution in [0.1, 0.15) is 275 Å². The molecule has 504 valence electrons. The van der Waals surface area contributed by atoms with Crippen LogP contribution in [0.2, 0.25) is 0 Å². The lowest BCUT2D eigenvalue weighted by Crippen LogP contribution is -2.60. The summed E-state index contributed by atoms with van der Waals surface area (Å²) < 4.78 is 2.70. The van der Waals surface area contributed by atoms with E-state index in [1.54, 1.807) is 11.1 Å². The van der Waals surface area contributed by atoms with Gasteiger partial charge in [-0.3, -0.25) is 0 Å². The molecule has 0 spiro atoms. The average molecular weight is 1320 g/mol. The fourth-order valence-corrected chi connectivity index (χ4v) is 20.4. The van der Waals surface area contributed by atoms with E-state index in [4.69, 9.17) is 0 Å². The van der Waals surface area contributed by atoms with Crippen LogP contribution in [-0.4, -0.2) is 6.71 Å². The largest absolute Gasteiger partial charge is 0.242 e. The molecule has 3 unspecified atom stereocenters. The van der Waals surface area contributed by atoms with Crippen LogP contribution in [-0.2, 0) is 57.2 Å². The number of hydrogen-bond acceptors (Lipinski definition) is 1. The molecule has 3 aliphatic carbocycles. The molecule has 0 saturated carbocycles. The van der Waals surface area contributed by atoms with Crippen LogP contribution < -0.4 is 16.4 Å². The molecule has 11 aromatic rings. The summed E-state index contributed by atoms with van der Waals surface area (Å²) in [5.41, 5.74) is 36.5. The second kappa shape index (κ2) is 24.1. The molecule has 1 aromatic heterocycles. The molecule has 99 heavy (non-hydrogen) atoms. The summed E-state index contributed by atoms with van der Waals surface area (Å²) in [7, 11) is 0. The predicted molar refractivity (Wildman–Crippen MR) is 431 cm³/mol. The molecule has 0 radical (unpaired) electrons. The molecule has 2 bridgehead atoms. The number of hydrogen-bond donors (Lipinski definition) is 0. The zero-order valence-electron chi connectivity index (χ0n) is 63.3. The van der Waals surface area contributed by atoms with Gasteiger partial charge in [0.2, 0.25) is 6.71 Å². The molecule has 1 aliphatic heterocycles. The van der Waals surface area contributed by atoms with Crippen molar-refractivity contribution < 1.29 is 0 Å². The van der Waals surface area contributed by atoms with Gasteiger partial charge >= 0.3 is 0 Å². The van der Waals surface area contributed by atoms with Crippen LogP contribution >= 0.6 is 11.3 Å². The van der Waals surface area contributed by atoms with E-state index in [1.165, 1.54) is 148 Å². The predicted octanol–water partition coefficient (Wildman–Crippen LogP) is 24.3. The van der Waals surface area contributed by atoms with Crippen molar-refractivity contribution in [1.29, 1.82) is 0 Å².